The maximum Gasteiger partial charge on any atom is 0.268 e. The Balaban J connectivity index is 1.53. The fourth-order valence-corrected chi connectivity index (χ4v) is 4.01. The highest BCUT2D eigenvalue weighted by Crippen LogP contribution is 2.33. The summed E-state index contributed by atoms with van der Waals surface area (Å²) in [6, 6.07) is 13.3. The fraction of sp³-hybridized carbons (Fsp3) is 0.250. The van der Waals surface area contributed by atoms with Crippen LogP contribution >= 0.6 is 11.3 Å². The molecule has 3 aromatic rings. The zero-order valence-corrected chi connectivity index (χ0v) is 15.9. The van der Waals surface area contributed by atoms with E-state index in [2.05, 4.69) is 23.3 Å². The van der Waals surface area contributed by atoms with Crippen molar-refractivity contribution in [1.82, 2.24) is 4.98 Å². The Morgan fingerprint density at radius 2 is 2.11 bits per heavy atom. The van der Waals surface area contributed by atoms with Crippen LogP contribution in [0.2, 0.25) is 0 Å². The molecule has 1 N–H and O–H groups in total. The summed E-state index contributed by atoms with van der Waals surface area (Å²) >= 11 is 1.43. The normalized spacial score (nSPS) is 16.1. The smallest absolute Gasteiger partial charge is 0.268 e. The van der Waals surface area contributed by atoms with Crippen molar-refractivity contribution in [3.8, 4) is 5.75 Å². The van der Waals surface area contributed by atoms with Crippen LogP contribution in [-0.2, 0) is 16.0 Å². The Hall–Kier alpha value is -2.93. The minimum atomic E-state index is -0.623. The van der Waals surface area contributed by atoms with Crippen molar-refractivity contribution in [2.45, 2.75) is 26.4 Å². The molecule has 2 heterocycles. The average Bonchev–Trinajstić information content (AvgIpc) is 3.06. The van der Waals surface area contributed by atoms with Crippen LogP contribution in [0.5, 0.6) is 5.75 Å². The third-order valence-corrected chi connectivity index (χ3v) is 5.42. The second-order valence-corrected chi connectivity index (χ2v) is 7.41. The van der Waals surface area contributed by atoms with Gasteiger partial charge >= 0.3 is 0 Å². The van der Waals surface area contributed by atoms with E-state index in [0.717, 1.165) is 16.6 Å². The van der Waals surface area contributed by atoms with Crippen LogP contribution in [0.1, 0.15) is 19.4 Å². The van der Waals surface area contributed by atoms with Crippen molar-refractivity contribution < 1.29 is 14.3 Å². The lowest BCUT2D eigenvalue weighted by Gasteiger charge is -2.32. The number of nitrogens with one attached hydrogen (secondary N) is 1. The highest BCUT2D eigenvalue weighted by atomic mass is 32.1. The van der Waals surface area contributed by atoms with Crippen molar-refractivity contribution in [3.05, 3.63) is 48.0 Å². The van der Waals surface area contributed by atoms with Crippen LogP contribution in [0.4, 0.5) is 10.8 Å². The summed E-state index contributed by atoms with van der Waals surface area (Å²) in [7, 11) is 0. The molecule has 7 heteroatoms. The first kappa shape index (κ1) is 17.5. The number of carbonyl (C=O) groups is 2. The zero-order valence-electron chi connectivity index (χ0n) is 15.1. The first-order valence-corrected chi connectivity index (χ1v) is 9.63. The molecule has 4 rings (SSSR count). The summed E-state index contributed by atoms with van der Waals surface area (Å²) in [6.45, 7) is 3.70. The quantitative estimate of drug-likeness (QED) is 0.749. The van der Waals surface area contributed by atoms with Gasteiger partial charge < -0.3 is 10.1 Å². The number of aryl methyl sites for hydroxylation is 1. The van der Waals surface area contributed by atoms with Crippen molar-refractivity contribution in [2.24, 2.45) is 0 Å². The number of hydrogen-bond donors (Lipinski definition) is 1. The Morgan fingerprint density at radius 3 is 2.93 bits per heavy atom. The summed E-state index contributed by atoms with van der Waals surface area (Å²) in [6.07, 6.45) is 0.328. The molecule has 1 unspecified atom stereocenters. The SMILES string of the molecule is CCc1ccc2nc(NC(=O)CN3C(=O)C(C)Oc4ccccc43)sc2c1. The third kappa shape index (κ3) is 3.38. The summed E-state index contributed by atoms with van der Waals surface area (Å²) in [5, 5.41) is 3.35. The maximum atomic E-state index is 12.6. The molecule has 0 saturated heterocycles. The fourth-order valence-electron chi connectivity index (χ4n) is 3.07. The molecule has 1 aliphatic heterocycles. The Morgan fingerprint density at radius 1 is 1.30 bits per heavy atom. The van der Waals surface area contributed by atoms with Crippen LogP contribution in [0, 0.1) is 0 Å². The number of para-hydroxylation sites is 2. The molecular weight excluding hydrogens is 362 g/mol. The number of nitrogens with zero attached hydrogens (tertiary/aromatic N) is 2. The van der Waals surface area contributed by atoms with Gasteiger partial charge in [0.15, 0.2) is 11.2 Å². The summed E-state index contributed by atoms with van der Waals surface area (Å²) in [5.41, 5.74) is 2.69. The number of aromatic nitrogens is 1. The summed E-state index contributed by atoms with van der Waals surface area (Å²) in [4.78, 5) is 31.0. The van der Waals surface area contributed by atoms with E-state index in [0.29, 0.717) is 16.6 Å². The highest BCUT2D eigenvalue weighted by Gasteiger charge is 2.32. The highest BCUT2D eigenvalue weighted by molar-refractivity contribution is 7.22. The summed E-state index contributed by atoms with van der Waals surface area (Å²) < 4.78 is 6.64. The van der Waals surface area contributed by atoms with Gasteiger partial charge in [-0.2, -0.15) is 0 Å². The minimum absolute atomic E-state index is 0.0836. The number of benzene rings is 2. The van der Waals surface area contributed by atoms with Gasteiger partial charge in [0.2, 0.25) is 5.91 Å². The number of hydrogen-bond acceptors (Lipinski definition) is 5. The molecule has 0 aliphatic carbocycles. The molecule has 2 aromatic carbocycles. The van der Waals surface area contributed by atoms with Gasteiger partial charge in [-0.1, -0.05) is 36.5 Å². The standard InChI is InChI=1S/C20H19N3O3S/c1-3-13-8-9-14-17(10-13)27-20(21-14)22-18(24)11-23-15-6-4-5-7-16(15)26-12(2)19(23)25/h4-10,12H,3,11H2,1-2H3,(H,21,22,24). The molecule has 0 bridgehead atoms. The molecule has 0 spiro atoms. The Kier molecular flexibility index (Phi) is 4.53. The third-order valence-electron chi connectivity index (χ3n) is 4.48. The lowest BCUT2D eigenvalue weighted by molar-refractivity contribution is -0.127. The molecule has 0 fully saturated rings. The molecule has 1 aromatic heterocycles. The minimum Gasteiger partial charge on any atom is -0.479 e. The van der Waals surface area contributed by atoms with E-state index in [9.17, 15) is 9.59 Å². The van der Waals surface area contributed by atoms with E-state index in [4.69, 9.17) is 4.74 Å². The van der Waals surface area contributed by atoms with Gasteiger partial charge in [-0.25, -0.2) is 4.98 Å². The van der Waals surface area contributed by atoms with Crippen molar-refractivity contribution in [1.29, 1.82) is 0 Å². The summed E-state index contributed by atoms with van der Waals surface area (Å²) in [5.74, 6) is 0.0762. The monoisotopic (exact) mass is 381 g/mol. The van der Waals surface area contributed by atoms with E-state index in [1.54, 1.807) is 19.1 Å². The van der Waals surface area contributed by atoms with Crippen molar-refractivity contribution in [2.75, 3.05) is 16.8 Å². The van der Waals surface area contributed by atoms with Gasteiger partial charge in [-0.05, 0) is 43.2 Å². The molecule has 0 radical (unpaired) electrons. The zero-order chi connectivity index (χ0) is 19.0. The van der Waals surface area contributed by atoms with Crippen LogP contribution in [0.3, 0.4) is 0 Å². The lowest BCUT2D eigenvalue weighted by atomic mass is 10.2. The van der Waals surface area contributed by atoms with Crippen LogP contribution in [-0.4, -0.2) is 29.4 Å². The number of fused-ring (bicyclic) bond motifs is 2. The topological polar surface area (TPSA) is 71.5 Å². The second-order valence-electron chi connectivity index (χ2n) is 6.38. The van der Waals surface area contributed by atoms with Gasteiger partial charge in [0, 0.05) is 0 Å². The van der Waals surface area contributed by atoms with Crippen LogP contribution in [0.25, 0.3) is 10.2 Å². The van der Waals surface area contributed by atoms with E-state index in [-0.39, 0.29) is 18.4 Å². The lowest BCUT2D eigenvalue weighted by Crippen LogP contribution is -2.47. The number of amides is 2. The second kappa shape index (κ2) is 7.00. The number of anilines is 2. The first-order chi connectivity index (χ1) is 13.0. The van der Waals surface area contributed by atoms with Gasteiger partial charge in [-0.15, -0.1) is 0 Å². The molecule has 1 atom stereocenters. The average molecular weight is 381 g/mol. The molecule has 138 valence electrons. The first-order valence-electron chi connectivity index (χ1n) is 8.81. The maximum absolute atomic E-state index is 12.6. The molecule has 0 saturated carbocycles. The molecular formula is C20H19N3O3S. The van der Waals surface area contributed by atoms with Crippen molar-refractivity contribution in [3.63, 3.8) is 0 Å². The van der Waals surface area contributed by atoms with Gasteiger partial charge in [0.05, 0.1) is 15.9 Å². The van der Waals surface area contributed by atoms with Crippen LogP contribution < -0.4 is 15.0 Å². The predicted octanol–water partition coefficient (Wildman–Crippen LogP) is 3.61. The van der Waals surface area contributed by atoms with E-state index >= 15 is 0 Å². The van der Waals surface area contributed by atoms with E-state index in [1.165, 1.54) is 21.8 Å². The number of rotatable bonds is 4. The molecule has 2 amide bonds. The molecule has 1 aliphatic rings. The molecule has 6 nitrogen and oxygen atoms in total. The largest absolute Gasteiger partial charge is 0.479 e. The van der Waals surface area contributed by atoms with Gasteiger partial charge in [-0.3, -0.25) is 14.5 Å². The predicted molar refractivity (Wildman–Crippen MR) is 107 cm³/mol. The van der Waals surface area contributed by atoms with E-state index in [1.807, 2.05) is 24.3 Å². The Bertz CT molecular complexity index is 1030. The number of thiazole rings is 1. The van der Waals surface area contributed by atoms with Gasteiger partial charge in [0.1, 0.15) is 12.3 Å². The number of carbonyl (C=O) groups excluding carboxylic acids is 2. The number of ether oxygens (including phenoxy) is 1. The molecule has 27 heavy (non-hydrogen) atoms. The Labute approximate surface area is 160 Å². The van der Waals surface area contributed by atoms with Crippen molar-refractivity contribution >= 4 is 44.2 Å². The van der Waals surface area contributed by atoms with Gasteiger partial charge in [0.25, 0.3) is 5.91 Å². The van der Waals surface area contributed by atoms with Crippen LogP contribution in [0.15, 0.2) is 42.5 Å². The van der Waals surface area contributed by atoms with E-state index < -0.39 is 6.10 Å².